The Hall–Kier alpha value is -1.74. The van der Waals surface area contributed by atoms with Crippen LogP contribution in [-0.2, 0) is 21.3 Å². The van der Waals surface area contributed by atoms with Gasteiger partial charge in [-0.3, -0.25) is 9.00 Å². The zero-order valence-corrected chi connectivity index (χ0v) is 11.6. The van der Waals surface area contributed by atoms with Gasteiger partial charge in [-0.15, -0.1) is 0 Å². The van der Waals surface area contributed by atoms with Crippen LogP contribution in [0.25, 0.3) is 0 Å². The first-order chi connectivity index (χ1) is 9.42. The Labute approximate surface area is 118 Å². The lowest BCUT2D eigenvalue weighted by Crippen LogP contribution is -2.17. The first-order valence-electron chi connectivity index (χ1n) is 6.19. The van der Waals surface area contributed by atoms with Gasteiger partial charge in [0.2, 0.25) is 0 Å². The number of carboxylic acid groups (broad SMARTS) is 1. The maximum absolute atomic E-state index is 13.3. The van der Waals surface area contributed by atoms with E-state index in [2.05, 4.69) is 0 Å². The van der Waals surface area contributed by atoms with Gasteiger partial charge in [-0.2, -0.15) is 5.26 Å². The number of nitriles is 1. The number of rotatable bonds is 6. The third-order valence-corrected chi connectivity index (χ3v) is 4.95. The Balaban J connectivity index is 2.00. The molecule has 1 aromatic rings. The molecule has 0 saturated heterocycles. The van der Waals surface area contributed by atoms with Crippen LogP contribution in [0, 0.1) is 22.6 Å². The quantitative estimate of drug-likeness (QED) is 0.872. The number of halogens is 1. The zero-order valence-electron chi connectivity index (χ0n) is 10.8. The fraction of sp³-hybridized carbons (Fsp3) is 0.429. The minimum atomic E-state index is -1.25. The van der Waals surface area contributed by atoms with Crippen LogP contribution in [0.3, 0.4) is 0 Å². The molecule has 0 spiro atoms. The van der Waals surface area contributed by atoms with Gasteiger partial charge in [-0.05, 0) is 42.0 Å². The third kappa shape index (κ3) is 3.87. The van der Waals surface area contributed by atoms with Crippen LogP contribution in [-0.4, -0.2) is 21.0 Å². The largest absolute Gasteiger partial charge is 0.481 e. The predicted octanol–water partition coefficient (Wildman–Crippen LogP) is 2.20. The first-order valence-corrected chi connectivity index (χ1v) is 7.68. The second-order valence-corrected chi connectivity index (χ2v) is 6.72. The van der Waals surface area contributed by atoms with Crippen molar-refractivity contribution < 1.29 is 18.5 Å². The molecule has 0 amide bonds. The molecule has 4 nitrogen and oxygen atoms in total. The van der Waals surface area contributed by atoms with Gasteiger partial charge in [-0.25, -0.2) is 4.39 Å². The summed E-state index contributed by atoms with van der Waals surface area (Å²) >= 11 is 0. The second kappa shape index (κ2) is 5.71. The van der Waals surface area contributed by atoms with Crippen LogP contribution < -0.4 is 0 Å². The van der Waals surface area contributed by atoms with Crippen molar-refractivity contribution in [2.75, 3.05) is 5.75 Å². The maximum atomic E-state index is 13.3. The summed E-state index contributed by atoms with van der Waals surface area (Å²) in [7, 11) is -1.25. The molecule has 20 heavy (non-hydrogen) atoms. The van der Waals surface area contributed by atoms with Gasteiger partial charge in [-0.1, -0.05) is 0 Å². The van der Waals surface area contributed by atoms with Crippen LogP contribution in [0.5, 0.6) is 0 Å². The molecule has 0 bridgehead atoms. The SMILES string of the molecule is N#Cc1cc(F)cc(CS(=O)CC2(CC(=O)O)CC2)c1. The number of carbonyl (C=O) groups is 1. The fourth-order valence-corrected chi connectivity index (χ4v) is 3.96. The van der Waals surface area contributed by atoms with Crippen LogP contribution in [0.4, 0.5) is 4.39 Å². The van der Waals surface area contributed by atoms with Crippen LogP contribution >= 0.6 is 0 Å². The Bertz CT molecular complexity index is 605. The molecular formula is C14H14FNO3S. The number of hydrogen-bond donors (Lipinski definition) is 1. The smallest absolute Gasteiger partial charge is 0.303 e. The van der Waals surface area contributed by atoms with Gasteiger partial charge in [0.15, 0.2) is 0 Å². The number of carboxylic acids is 1. The molecule has 1 aliphatic rings. The normalized spacial score (nSPS) is 17.2. The predicted molar refractivity (Wildman–Crippen MR) is 71.7 cm³/mol. The van der Waals surface area contributed by atoms with Gasteiger partial charge in [0, 0.05) is 22.3 Å². The van der Waals surface area contributed by atoms with E-state index in [1.54, 1.807) is 0 Å². The standard InChI is InChI=1S/C14H14FNO3S/c15-12-4-10(7-16)3-11(5-12)8-20(19)9-14(1-2-14)6-13(17)18/h3-5H,1-2,6,8-9H2,(H,17,18). The van der Waals surface area contributed by atoms with Gasteiger partial charge < -0.3 is 5.11 Å². The summed E-state index contributed by atoms with van der Waals surface area (Å²) in [5, 5.41) is 17.6. The molecule has 1 aliphatic carbocycles. The highest BCUT2D eigenvalue weighted by Gasteiger charge is 2.45. The minimum Gasteiger partial charge on any atom is -0.481 e. The van der Waals surface area contributed by atoms with Gasteiger partial charge in [0.1, 0.15) is 5.82 Å². The molecule has 1 aromatic carbocycles. The van der Waals surface area contributed by atoms with Crippen LogP contribution in [0.1, 0.15) is 30.4 Å². The molecule has 0 heterocycles. The second-order valence-electron chi connectivity index (χ2n) is 5.26. The molecule has 1 N–H and O–H groups in total. The monoisotopic (exact) mass is 295 g/mol. The van der Waals surface area contributed by atoms with Crippen molar-refractivity contribution in [3.63, 3.8) is 0 Å². The zero-order chi connectivity index (χ0) is 14.8. The van der Waals surface area contributed by atoms with Crippen molar-refractivity contribution in [1.29, 1.82) is 5.26 Å². The highest BCUT2D eigenvalue weighted by Crippen LogP contribution is 2.49. The van der Waals surface area contributed by atoms with E-state index in [-0.39, 0.29) is 23.2 Å². The number of hydrogen-bond acceptors (Lipinski definition) is 3. The van der Waals surface area contributed by atoms with Crippen molar-refractivity contribution in [3.8, 4) is 6.07 Å². The summed E-state index contributed by atoms with van der Waals surface area (Å²) in [5.74, 6) is -0.939. The van der Waals surface area contributed by atoms with E-state index in [0.717, 1.165) is 18.9 Å². The van der Waals surface area contributed by atoms with E-state index in [1.165, 1.54) is 12.1 Å². The van der Waals surface area contributed by atoms with Gasteiger partial charge >= 0.3 is 5.97 Å². The molecule has 0 aliphatic heterocycles. The topological polar surface area (TPSA) is 78.2 Å². The van der Waals surface area contributed by atoms with E-state index >= 15 is 0 Å². The van der Waals surface area contributed by atoms with E-state index in [9.17, 15) is 13.4 Å². The highest BCUT2D eigenvalue weighted by molar-refractivity contribution is 7.84. The molecular weight excluding hydrogens is 281 g/mol. The molecule has 0 aromatic heterocycles. The van der Waals surface area contributed by atoms with Crippen molar-refractivity contribution in [1.82, 2.24) is 0 Å². The molecule has 6 heteroatoms. The van der Waals surface area contributed by atoms with Crippen LogP contribution in [0.15, 0.2) is 18.2 Å². The Morgan fingerprint density at radius 2 is 2.15 bits per heavy atom. The molecule has 2 rings (SSSR count). The summed E-state index contributed by atoms with van der Waals surface area (Å²) in [6, 6.07) is 5.75. The van der Waals surface area contributed by atoms with E-state index in [1.807, 2.05) is 6.07 Å². The number of nitrogens with zero attached hydrogens (tertiary/aromatic N) is 1. The summed E-state index contributed by atoms with van der Waals surface area (Å²) in [6.07, 6.45) is 1.58. The minimum absolute atomic E-state index is 0.0331. The third-order valence-electron chi connectivity index (χ3n) is 3.36. The van der Waals surface area contributed by atoms with Crippen molar-refractivity contribution in [3.05, 3.63) is 35.1 Å². The van der Waals surface area contributed by atoms with Crippen molar-refractivity contribution in [2.45, 2.75) is 25.0 Å². The van der Waals surface area contributed by atoms with Crippen molar-refractivity contribution >= 4 is 16.8 Å². The molecule has 1 fully saturated rings. The van der Waals surface area contributed by atoms with E-state index in [4.69, 9.17) is 10.4 Å². The number of aliphatic carboxylic acids is 1. The molecule has 106 valence electrons. The van der Waals surface area contributed by atoms with E-state index in [0.29, 0.717) is 11.3 Å². The Morgan fingerprint density at radius 3 is 2.70 bits per heavy atom. The Morgan fingerprint density at radius 1 is 1.45 bits per heavy atom. The van der Waals surface area contributed by atoms with Crippen LogP contribution in [0.2, 0.25) is 0 Å². The summed E-state index contributed by atoms with van der Waals surface area (Å²) in [6.45, 7) is 0. The summed E-state index contributed by atoms with van der Waals surface area (Å²) in [4.78, 5) is 10.7. The fourth-order valence-electron chi connectivity index (χ4n) is 2.25. The molecule has 1 unspecified atom stereocenters. The van der Waals surface area contributed by atoms with Crippen molar-refractivity contribution in [2.24, 2.45) is 5.41 Å². The van der Waals surface area contributed by atoms with E-state index < -0.39 is 22.6 Å². The average Bonchev–Trinajstić information content (AvgIpc) is 3.06. The summed E-state index contributed by atoms with van der Waals surface area (Å²) < 4.78 is 25.3. The maximum Gasteiger partial charge on any atom is 0.303 e. The van der Waals surface area contributed by atoms with Gasteiger partial charge in [0.25, 0.3) is 0 Å². The lowest BCUT2D eigenvalue weighted by molar-refractivity contribution is -0.138. The highest BCUT2D eigenvalue weighted by atomic mass is 32.2. The summed E-state index contributed by atoms with van der Waals surface area (Å²) in [5.41, 5.74) is 0.358. The number of benzene rings is 1. The molecule has 0 radical (unpaired) electrons. The first kappa shape index (κ1) is 14.7. The lowest BCUT2D eigenvalue weighted by atomic mass is 10.1. The average molecular weight is 295 g/mol. The lowest BCUT2D eigenvalue weighted by Gasteiger charge is -2.12. The Kier molecular flexibility index (Phi) is 4.19. The van der Waals surface area contributed by atoms with Gasteiger partial charge in [0.05, 0.1) is 18.1 Å². The molecule has 1 saturated carbocycles. The molecule has 1 atom stereocenters.